The molecule has 1 aromatic carbocycles. The highest BCUT2D eigenvalue weighted by Gasteiger charge is 2.65. The van der Waals surface area contributed by atoms with Crippen molar-refractivity contribution in [2.24, 2.45) is 5.92 Å². The number of nitro benzene ring substituents is 1. The minimum atomic E-state index is -3.59. The number of nitrogens with zero attached hydrogens (tertiary/aromatic N) is 2. The van der Waals surface area contributed by atoms with E-state index in [4.69, 9.17) is 4.74 Å². The lowest BCUT2D eigenvalue weighted by Gasteiger charge is -2.24. The summed E-state index contributed by atoms with van der Waals surface area (Å²) in [4.78, 5) is 10.2. The van der Waals surface area contributed by atoms with Gasteiger partial charge in [-0.1, -0.05) is 0 Å². The number of ether oxygens (including phenoxy) is 1. The molecule has 106 valence electrons. The maximum absolute atomic E-state index is 12.6. The van der Waals surface area contributed by atoms with E-state index < -0.39 is 14.9 Å². The highest BCUT2D eigenvalue weighted by atomic mass is 32.2. The first kappa shape index (κ1) is 12.2. The summed E-state index contributed by atoms with van der Waals surface area (Å²) in [5.41, 5.74) is -0.113. The van der Waals surface area contributed by atoms with Crippen LogP contribution in [0.3, 0.4) is 0 Å². The quantitative estimate of drug-likeness (QED) is 0.466. The molecule has 2 saturated heterocycles. The fourth-order valence-electron chi connectivity index (χ4n) is 3.38. The SMILES string of the molecule is O=[N+]([O-])c1ccc(S(=O)(=O)N2CC3CC2[C@H]2OC32)cc1. The third-order valence-corrected chi connectivity index (χ3v) is 6.29. The van der Waals surface area contributed by atoms with Gasteiger partial charge in [0.15, 0.2) is 0 Å². The van der Waals surface area contributed by atoms with Crippen LogP contribution < -0.4 is 0 Å². The zero-order chi connectivity index (χ0) is 14.1. The van der Waals surface area contributed by atoms with Gasteiger partial charge in [0.25, 0.3) is 5.69 Å². The van der Waals surface area contributed by atoms with Crippen molar-refractivity contribution < 1.29 is 18.1 Å². The zero-order valence-corrected chi connectivity index (χ0v) is 11.2. The largest absolute Gasteiger partial charge is 0.367 e. The predicted octanol–water partition coefficient (Wildman–Crippen LogP) is 0.755. The normalized spacial score (nSPS) is 35.0. The van der Waals surface area contributed by atoms with Crippen LogP contribution in [0.2, 0.25) is 0 Å². The van der Waals surface area contributed by atoms with Crippen molar-refractivity contribution in [3.8, 4) is 0 Å². The number of hydrogen-bond acceptors (Lipinski definition) is 5. The van der Waals surface area contributed by atoms with Crippen LogP contribution in [0.25, 0.3) is 0 Å². The third-order valence-electron chi connectivity index (χ3n) is 4.39. The van der Waals surface area contributed by atoms with Gasteiger partial charge in [-0.25, -0.2) is 8.42 Å². The van der Waals surface area contributed by atoms with E-state index in [1.807, 2.05) is 0 Å². The van der Waals surface area contributed by atoms with Crippen molar-refractivity contribution in [3.05, 3.63) is 34.4 Å². The predicted molar refractivity (Wildman–Crippen MR) is 67.5 cm³/mol. The van der Waals surface area contributed by atoms with Crippen LogP contribution in [0.5, 0.6) is 0 Å². The first-order valence-corrected chi connectivity index (χ1v) is 7.84. The van der Waals surface area contributed by atoms with Crippen LogP contribution >= 0.6 is 0 Å². The lowest BCUT2D eigenvalue weighted by Crippen LogP contribution is -2.41. The lowest BCUT2D eigenvalue weighted by atomic mass is 10.1. The zero-order valence-electron chi connectivity index (χ0n) is 10.4. The summed E-state index contributed by atoms with van der Waals surface area (Å²) in [6.45, 7) is 0.491. The minimum Gasteiger partial charge on any atom is -0.367 e. The summed E-state index contributed by atoms with van der Waals surface area (Å²) < 4.78 is 32.1. The molecule has 2 aliphatic heterocycles. The first-order valence-electron chi connectivity index (χ1n) is 6.40. The topological polar surface area (TPSA) is 93.0 Å². The van der Waals surface area contributed by atoms with Gasteiger partial charge in [0.1, 0.15) is 6.10 Å². The average molecular weight is 296 g/mol. The second-order valence-electron chi connectivity index (χ2n) is 5.45. The van der Waals surface area contributed by atoms with E-state index in [0.29, 0.717) is 12.5 Å². The van der Waals surface area contributed by atoms with Gasteiger partial charge in [0.05, 0.1) is 22.0 Å². The van der Waals surface area contributed by atoms with Crippen LogP contribution in [-0.4, -0.2) is 42.4 Å². The lowest BCUT2D eigenvalue weighted by molar-refractivity contribution is -0.384. The molecule has 0 aromatic heterocycles. The second-order valence-corrected chi connectivity index (χ2v) is 7.34. The summed E-state index contributed by atoms with van der Waals surface area (Å²) in [5, 5.41) is 10.6. The van der Waals surface area contributed by atoms with Crippen LogP contribution in [0, 0.1) is 16.0 Å². The van der Waals surface area contributed by atoms with E-state index >= 15 is 0 Å². The summed E-state index contributed by atoms with van der Waals surface area (Å²) in [6.07, 6.45) is 1.17. The Hall–Kier alpha value is -1.51. The van der Waals surface area contributed by atoms with Gasteiger partial charge in [0.2, 0.25) is 10.0 Å². The molecule has 1 aromatic rings. The van der Waals surface area contributed by atoms with Gasteiger partial charge in [-0.05, 0) is 18.6 Å². The molecule has 20 heavy (non-hydrogen) atoms. The maximum Gasteiger partial charge on any atom is 0.269 e. The Balaban J connectivity index is 1.65. The van der Waals surface area contributed by atoms with E-state index in [1.54, 1.807) is 0 Å². The fourth-order valence-corrected chi connectivity index (χ4v) is 5.08. The Morgan fingerprint density at radius 3 is 2.50 bits per heavy atom. The van der Waals surface area contributed by atoms with Crippen LogP contribution in [0.15, 0.2) is 29.2 Å². The Morgan fingerprint density at radius 1 is 1.25 bits per heavy atom. The van der Waals surface area contributed by atoms with Crippen LogP contribution in [0.4, 0.5) is 5.69 Å². The number of hydrogen-bond donors (Lipinski definition) is 0. The monoisotopic (exact) mass is 296 g/mol. The van der Waals surface area contributed by atoms with Gasteiger partial charge in [-0.3, -0.25) is 10.1 Å². The molecule has 3 unspecified atom stereocenters. The highest BCUT2D eigenvalue weighted by molar-refractivity contribution is 7.89. The summed E-state index contributed by atoms with van der Waals surface area (Å²) in [7, 11) is -3.59. The molecular weight excluding hydrogens is 284 g/mol. The van der Waals surface area contributed by atoms with Gasteiger partial charge < -0.3 is 4.74 Å². The molecule has 4 rings (SSSR count). The van der Waals surface area contributed by atoms with E-state index in [-0.39, 0.29) is 28.8 Å². The molecule has 7 nitrogen and oxygen atoms in total. The first-order chi connectivity index (χ1) is 9.48. The van der Waals surface area contributed by atoms with E-state index in [2.05, 4.69) is 0 Å². The molecule has 0 N–H and O–H groups in total. The molecule has 1 aliphatic carbocycles. The standard InChI is InChI=1S/C12H12N2O5S/c15-14(16)8-1-3-9(4-2-8)20(17,18)13-6-7-5-10(13)12-11(7)19-12/h1-4,7,10-12H,5-6H2/t7?,10?,11?,12-/m1/s1. The Kier molecular flexibility index (Phi) is 2.31. The minimum absolute atomic E-state index is 0.0570. The Labute approximate surface area is 115 Å². The molecule has 1 saturated carbocycles. The van der Waals surface area contributed by atoms with Crippen molar-refractivity contribution in [3.63, 3.8) is 0 Å². The van der Waals surface area contributed by atoms with Crippen molar-refractivity contribution in [1.82, 2.24) is 4.31 Å². The average Bonchev–Trinajstić information content (AvgIpc) is 3.03. The fraction of sp³-hybridized carbons (Fsp3) is 0.500. The molecule has 8 heteroatoms. The number of benzene rings is 1. The molecule has 2 heterocycles. The number of piperidine rings is 1. The third kappa shape index (κ3) is 1.55. The number of nitro groups is 1. The van der Waals surface area contributed by atoms with E-state index in [1.165, 1.54) is 28.6 Å². The molecule has 0 amide bonds. The Morgan fingerprint density at radius 2 is 1.95 bits per heavy atom. The molecule has 0 radical (unpaired) electrons. The van der Waals surface area contributed by atoms with E-state index in [0.717, 1.165) is 6.42 Å². The number of sulfonamides is 1. The summed E-state index contributed by atoms with van der Waals surface area (Å²) in [6, 6.07) is 4.97. The maximum atomic E-state index is 12.6. The highest BCUT2D eigenvalue weighted by Crippen LogP contribution is 2.52. The number of rotatable bonds is 3. The molecule has 2 bridgehead atoms. The van der Waals surface area contributed by atoms with Crippen LogP contribution in [0.1, 0.15) is 6.42 Å². The smallest absolute Gasteiger partial charge is 0.269 e. The Bertz CT molecular complexity index is 686. The molecular formula is C12H12N2O5S. The summed E-state index contributed by atoms with van der Waals surface area (Å²) in [5.74, 6) is 0.304. The van der Waals surface area contributed by atoms with E-state index in [9.17, 15) is 18.5 Å². The number of non-ortho nitro benzene ring substituents is 1. The van der Waals surface area contributed by atoms with Gasteiger partial charge in [-0.15, -0.1) is 0 Å². The van der Waals surface area contributed by atoms with Crippen molar-refractivity contribution in [1.29, 1.82) is 0 Å². The molecule has 3 aliphatic rings. The van der Waals surface area contributed by atoms with Gasteiger partial charge >= 0.3 is 0 Å². The van der Waals surface area contributed by atoms with Crippen molar-refractivity contribution in [2.45, 2.75) is 29.6 Å². The van der Waals surface area contributed by atoms with Gasteiger partial charge in [0, 0.05) is 24.6 Å². The molecule has 3 fully saturated rings. The second kappa shape index (κ2) is 3.78. The molecule has 4 atom stereocenters. The van der Waals surface area contributed by atoms with Crippen molar-refractivity contribution in [2.75, 3.05) is 6.54 Å². The summed E-state index contributed by atoms with van der Waals surface area (Å²) >= 11 is 0. The number of epoxide rings is 1. The number of fused-ring (bicyclic) bond motifs is 5. The molecule has 0 spiro atoms. The van der Waals surface area contributed by atoms with Gasteiger partial charge in [-0.2, -0.15) is 4.31 Å². The van der Waals surface area contributed by atoms with Crippen LogP contribution in [-0.2, 0) is 14.8 Å². The van der Waals surface area contributed by atoms with Crippen molar-refractivity contribution >= 4 is 15.7 Å².